The van der Waals surface area contributed by atoms with Crippen LogP contribution >= 0.6 is 0 Å². The van der Waals surface area contributed by atoms with E-state index in [2.05, 4.69) is 5.32 Å². The summed E-state index contributed by atoms with van der Waals surface area (Å²) in [5, 5.41) is 2.72. The molecule has 5 nitrogen and oxygen atoms in total. The largest absolute Gasteiger partial charge is 0.369 e. The van der Waals surface area contributed by atoms with Crippen molar-refractivity contribution in [1.29, 1.82) is 0 Å². The summed E-state index contributed by atoms with van der Waals surface area (Å²) in [6.07, 6.45) is 3.38. The molecule has 5 heteroatoms. The molecule has 0 spiro atoms. The predicted octanol–water partition coefficient (Wildman–Crippen LogP) is -0.926. The monoisotopic (exact) mass is 199 g/mol. The first kappa shape index (κ1) is 11.0. The van der Waals surface area contributed by atoms with Crippen molar-refractivity contribution in [1.82, 2.24) is 10.2 Å². The van der Waals surface area contributed by atoms with E-state index in [1.165, 1.54) is 6.42 Å². The average molecular weight is 199 g/mol. The van der Waals surface area contributed by atoms with Crippen LogP contribution in [0.4, 0.5) is 0 Å². The Kier molecular flexibility index (Phi) is 4.39. The van der Waals surface area contributed by atoms with Crippen LogP contribution in [0.5, 0.6) is 0 Å². The van der Waals surface area contributed by atoms with Crippen LogP contribution in [0, 0.1) is 0 Å². The Hall–Kier alpha value is -1.10. The van der Waals surface area contributed by atoms with E-state index >= 15 is 0 Å². The molecule has 1 aliphatic heterocycles. The first-order chi connectivity index (χ1) is 6.70. The maximum Gasteiger partial charge on any atom is 0.236 e. The molecule has 0 unspecified atom stereocenters. The maximum atomic E-state index is 11.5. The highest BCUT2D eigenvalue weighted by atomic mass is 16.2. The van der Waals surface area contributed by atoms with Crippen LogP contribution in [0.3, 0.4) is 0 Å². The number of carbonyl (C=O) groups is 2. The third kappa shape index (κ3) is 3.74. The first-order valence-corrected chi connectivity index (χ1v) is 4.97. The molecule has 0 bridgehead atoms. The summed E-state index contributed by atoms with van der Waals surface area (Å²) in [6.45, 7) is 1.97. The normalized spacial score (nSPS) is 16.7. The lowest BCUT2D eigenvalue weighted by Crippen LogP contribution is -2.42. The van der Waals surface area contributed by atoms with Crippen molar-refractivity contribution in [3.05, 3.63) is 0 Å². The highest BCUT2D eigenvalue weighted by Gasteiger charge is 2.15. The summed E-state index contributed by atoms with van der Waals surface area (Å²) in [5.41, 5.74) is 4.93. The molecule has 0 aliphatic carbocycles. The van der Waals surface area contributed by atoms with E-state index in [-0.39, 0.29) is 19.0 Å². The van der Waals surface area contributed by atoms with Gasteiger partial charge >= 0.3 is 0 Å². The standard InChI is InChI=1S/C9H17N3O2/c10-8(13)6-11-7-9(14)12-4-2-1-3-5-12/h11H,1-7H2,(H2,10,13). The van der Waals surface area contributed by atoms with Crippen molar-refractivity contribution in [2.75, 3.05) is 26.2 Å². The Morgan fingerprint density at radius 3 is 2.36 bits per heavy atom. The fourth-order valence-electron chi connectivity index (χ4n) is 1.55. The van der Waals surface area contributed by atoms with Crippen LogP contribution < -0.4 is 11.1 Å². The van der Waals surface area contributed by atoms with Crippen LogP contribution in [0.2, 0.25) is 0 Å². The van der Waals surface area contributed by atoms with Crippen LogP contribution in [-0.2, 0) is 9.59 Å². The zero-order valence-electron chi connectivity index (χ0n) is 8.29. The van der Waals surface area contributed by atoms with E-state index < -0.39 is 5.91 Å². The summed E-state index contributed by atoms with van der Waals surface area (Å²) in [7, 11) is 0. The number of piperidine rings is 1. The minimum absolute atomic E-state index is 0.0611. The van der Waals surface area contributed by atoms with Gasteiger partial charge in [-0.3, -0.25) is 14.9 Å². The average Bonchev–Trinajstić information content (AvgIpc) is 2.18. The molecule has 1 heterocycles. The van der Waals surface area contributed by atoms with Crippen molar-refractivity contribution in [3.8, 4) is 0 Å². The number of nitrogens with one attached hydrogen (secondary N) is 1. The number of carbonyl (C=O) groups excluding carboxylic acids is 2. The SMILES string of the molecule is NC(=O)CNCC(=O)N1CCCCC1. The highest BCUT2D eigenvalue weighted by Crippen LogP contribution is 2.07. The fraction of sp³-hybridized carbons (Fsp3) is 0.778. The smallest absolute Gasteiger partial charge is 0.236 e. The van der Waals surface area contributed by atoms with Gasteiger partial charge in [-0.1, -0.05) is 0 Å². The van der Waals surface area contributed by atoms with Crippen molar-refractivity contribution < 1.29 is 9.59 Å². The lowest BCUT2D eigenvalue weighted by atomic mass is 10.1. The number of likely N-dealkylation sites (tertiary alicyclic amines) is 1. The number of amides is 2. The van der Waals surface area contributed by atoms with E-state index in [9.17, 15) is 9.59 Å². The van der Waals surface area contributed by atoms with Crippen LogP contribution in [0.25, 0.3) is 0 Å². The zero-order chi connectivity index (χ0) is 10.4. The Morgan fingerprint density at radius 2 is 1.79 bits per heavy atom. The molecule has 0 atom stereocenters. The van der Waals surface area contributed by atoms with Crippen molar-refractivity contribution in [2.45, 2.75) is 19.3 Å². The first-order valence-electron chi connectivity index (χ1n) is 4.97. The molecule has 1 rings (SSSR count). The number of nitrogens with zero attached hydrogens (tertiary/aromatic N) is 1. The number of hydrogen-bond donors (Lipinski definition) is 2. The van der Waals surface area contributed by atoms with Crippen molar-refractivity contribution >= 4 is 11.8 Å². The summed E-state index contributed by atoms with van der Waals surface area (Å²) < 4.78 is 0. The second-order valence-corrected chi connectivity index (χ2v) is 3.51. The molecular weight excluding hydrogens is 182 g/mol. The van der Waals surface area contributed by atoms with Crippen LogP contribution in [0.15, 0.2) is 0 Å². The molecule has 0 aromatic heterocycles. The van der Waals surface area contributed by atoms with Gasteiger partial charge in [0.05, 0.1) is 13.1 Å². The molecule has 3 N–H and O–H groups in total. The molecule has 80 valence electrons. The van der Waals surface area contributed by atoms with Gasteiger partial charge in [-0.15, -0.1) is 0 Å². The summed E-state index contributed by atoms with van der Waals surface area (Å²) in [6, 6.07) is 0. The number of nitrogens with two attached hydrogens (primary N) is 1. The lowest BCUT2D eigenvalue weighted by Gasteiger charge is -2.26. The lowest BCUT2D eigenvalue weighted by molar-refractivity contribution is -0.131. The minimum atomic E-state index is -0.434. The zero-order valence-corrected chi connectivity index (χ0v) is 8.29. The molecular formula is C9H17N3O2. The van der Waals surface area contributed by atoms with Crippen LogP contribution in [-0.4, -0.2) is 42.9 Å². The molecule has 0 radical (unpaired) electrons. The third-order valence-corrected chi connectivity index (χ3v) is 2.28. The molecule has 0 aromatic rings. The van der Waals surface area contributed by atoms with Crippen molar-refractivity contribution in [3.63, 3.8) is 0 Å². The quantitative estimate of drug-likeness (QED) is 0.614. The van der Waals surface area contributed by atoms with E-state index in [1.54, 1.807) is 0 Å². The summed E-state index contributed by atoms with van der Waals surface area (Å²) in [4.78, 5) is 23.7. The van der Waals surface area contributed by atoms with Gasteiger partial charge in [-0.2, -0.15) is 0 Å². The highest BCUT2D eigenvalue weighted by molar-refractivity contribution is 5.80. The summed E-state index contributed by atoms with van der Waals surface area (Å²) in [5.74, 6) is -0.373. The molecule has 2 amide bonds. The van der Waals surface area contributed by atoms with Gasteiger partial charge in [0, 0.05) is 13.1 Å². The van der Waals surface area contributed by atoms with E-state index in [4.69, 9.17) is 5.73 Å². The Balaban J connectivity index is 2.16. The van der Waals surface area contributed by atoms with Gasteiger partial charge < -0.3 is 10.6 Å². The second-order valence-electron chi connectivity index (χ2n) is 3.51. The van der Waals surface area contributed by atoms with Gasteiger partial charge in [0.1, 0.15) is 0 Å². The van der Waals surface area contributed by atoms with Crippen LogP contribution in [0.1, 0.15) is 19.3 Å². The minimum Gasteiger partial charge on any atom is -0.369 e. The maximum absolute atomic E-state index is 11.5. The molecule has 1 aliphatic rings. The van der Waals surface area contributed by atoms with E-state index in [1.807, 2.05) is 4.90 Å². The van der Waals surface area contributed by atoms with Gasteiger partial charge in [0.2, 0.25) is 11.8 Å². The Labute approximate surface area is 83.6 Å². The van der Waals surface area contributed by atoms with Crippen molar-refractivity contribution in [2.24, 2.45) is 5.73 Å². The topological polar surface area (TPSA) is 75.4 Å². The molecule has 0 saturated carbocycles. The second kappa shape index (κ2) is 5.59. The summed E-state index contributed by atoms with van der Waals surface area (Å²) >= 11 is 0. The number of rotatable bonds is 4. The molecule has 14 heavy (non-hydrogen) atoms. The number of hydrogen-bond acceptors (Lipinski definition) is 3. The van der Waals surface area contributed by atoms with Gasteiger partial charge in [-0.25, -0.2) is 0 Å². The number of primary amides is 1. The predicted molar refractivity (Wildman–Crippen MR) is 52.5 cm³/mol. The molecule has 0 aromatic carbocycles. The fourth-order valence-corrected chi connectivity index (χ4v) is 1.55. The van der Waals surface area contributed by atoms with Gasteiger partial charge in [0.25, 0.3) is 0 Å². The van der Waals surface area contributed by atoms with Gasteiger partial charge in [0.15, 0.2) is 0 Å². The third-order valence-electron chi connectivity index (χ3n) is 2.28. The van der Waals surface area contributed by atoms with E-state index in [0.29, 0.717) is 0 Å². The molecule has 1 fully saturated rings. The Morgan fingerprint density at radius 1 is 1.14 bits per heavy atom. The van der Waals surface area contributed by atoms with Gasteiger partial charge in [-0.05, 0) is 19.3 Å². The van der Waals surface area contributed by atoms with E-state index in [0.717, 1.165) is 25.9 Å². The Bertz CT molecular complexity index is 212. The molecule has 1 saturated heterocycles.